The second-order valence-corrected chi connectivity index (χ2v) is 6.21. The highest BCUT2D eigenvalue weighted by Gasteiger charge is 2.62. The molecule has 0 aliphatic heterocycles. The highest BCUT2D eigenvalue weighted by molar-refractivity contribution is 6.33. The monoisotopic (exact) mass is 375 g/mol. The van der Waals surface area contributed by atoms with E-state index in [1.54, 1.807) is 0 Å². The van der Waals surface area contributed by atoms with Crippen LogP contribution in [0.15, 0.2) is 24.5 Å². The van der Waals surface area contributed by atoms with Crippen molar-refractivity contribution in [1.29, 1.82) is 0 Å². The molecule has 1 aliphatic rings. The van der Waals surface area contributed by atoms with E-state index in [0.29, 0.717) is 0 Å². The Hall–Kier alpha value is -2.29. The average Bonchev–Trinajstić information content (AvgIpc) is 3.17. The van der Waals surface area contributed by atoms with Crippen molar-refractivity contribution >= 4 is 17.6 Å². The van der Waals surface area contributed by atoms with Crippen LogP contribution in [0.1, 0.15) is 29.6 Å². The second kappa shape index (κ2) is 6.21. The van der Waals surface area contributed by atoms with Crippen LogP contribution in [0, 0.1) is 5.41 Å². The Balaban J connectivity index is 1.63. The first-order valence-corrected chi connectivity index (χ1v) is 7.74. The second-order valence-electron chi connectivity index (χ2n) is 5.80. The molecular formula is C15H13ClF3N3O3. The van der Waals surface area contributed by atoms with E-state index in [-0.39, 0.29) is 48.2 Å². The number of hydrogen-bond acceptors (Lipinski definition) is 4. The fraction of sp³-hybridized carbons (Fsp3) is 0.400. The number of hydrogen-bond donors (Lipinski definition) is 1. The van der Waals surface area contributed by atoms with Gasteiger partial charge in [0, 0.05) is 24.5 Å². The number of carbonyl (C=O) groups is 1. The van der Waals surface area contributed by atoms with Gasteiger partial charge < -0.3 is 9.84 Å². The quantitative estimate of drug-likeness (QED) is 0.832. The first-order valence-electron chi connectivity index (χ1n) is 7.36. The standard InChI is InChI=1S/C15H13ClF3N3O3/c16-10-7-11(20-8-9(10)13(23)24)22-5-1-12(21-22)25-6-4-14(2-3-14)15(17,18)19/h1,5,7-8H,2-4,6H2,(H,23,24). The summed E-state index contributed by atoms with van der Waals surface area (Å²) in [7, 11) is 0. The van der Waals surface area contributed by atoms with Crippen molar-refractivity contribution in [2.24, 2.45) is 5.41 Å². The number of ether oxygens (including phenoxy) is 1. The molecule has 6 nitrogen and oxygen atoms in total. The van der Waals surface area contributed by atoms with Gasteiger partial charge in [-0.2, -0.15) is 13.2 Å². The summed E-state index contributed by atoms with van der Waals surface area (Å²) in [6.45, 7) is -0.0946. The molecule has 0 bridgehead atoms. The minimum atomic E-state index is -4.21. The largest absolute Gasteiger partial charge is 0.478 e. The van der Waals surface area contributed by atoms with Crippen LogP contribution in [0.5, 0.6) is 5.88 Å². The van der Waals surface area contributed by atoms with Crippen LogP contribution in [-0.2, 0) is 0 Å². The van der Waals surface area contributed by atoms with E-state index in [0.717, 1.165) is 6.20 Å². The van der Waals surface area contributed by atoms with Crippen molar-refractivity contribution in [3.8, 4) is 11.7 Å². The molecule has 1 saturated carbocycles. The van der Waals surface area contributed by atoms with Gasteiger partial charge in [-0.1, -0.05) is 11.6 Å². The van der Waals surface area contributed by atoms with E-state index in [1.165, 1.54) is 23.0 Å². The number of carboxylic acids is 1. The third kappa shape index (κ3) is 3.55. The summed E-state index contributed by atoms with van der Waals surface area (Å²) in [6.07, 6.45) is -1.46. The van der Waals surface area contributed by atoms with Crippen LogP contribution in [0.3, 0.4) is 0 Å². The normalized spacial score (nSPS) is 15.8. The Morgan fingerprint density at radius 1 is 1.44 bits per heavy atom. The number of aromatic carboxylic acids is 1. The van der Waals surface area contributed by atoms with Crippen LogP contribution < -0.4 is 4.74 Å². The maximum atomic E-state index is 12.8. The Morgan fingerprint density at radius 2 is 2.16 bits per heavy atom. The summed E-state index contributed by atoms with van der Waals surface area (Å²) in [6, 6.07) is 2.80. The van der Waals surface area contributed by atoms with Gasteiger partial charge in [-0.15, -0.1) is 5.10 Å². The Kier molecular flexibility index (Phi) is 4.36. The average molecular weight is 376 g/mol. The molecule has 1 N–H and O–H groups in total. The smallest absolute Gasteiger partial charge is 0.394 e. The van der Waals surface area contributed by atoms with Gasteiger partial charge in [0.25, 0.3) is 0 Å². The van der Waals surface area contributed by atoms with Crippen molar-refractivity contribution in [1.82, 2.24) is 14.8 Å². The van der Waals surface area contributed by atoms with Gasteiger partial charge in [-0.05, 0) is 19.3 Å². The predicted molar refractivity (Wildman–Crippen MR) is 81.2 cm³/mol. The first-order chi connectivity index (χ1) is 11.7. The number of carboxylic acid groups (broad SMARTS) is 1. The zero-order valence-electron chi connectivity index (χ0n) is 12.8. The zero-order valence-corrected chi connectivity index (χ0v) is 13.5. The Labute approximate surface area is 145 Å². The summed E-state index contributed by atoms with van der Waals surface area (Å²) in [5.41, 5.74) is -1.76. The molecule has 1 fully saturated rings. The lowest BCUT2D eigenvalue weighted by Gasteiger charge is -2.18. The highest BCUT2D eigenvalue weighted by Crippen LogP contribution is 2.59. The number of pyridine rings is 1. The molecule has 0 unspecified atom stereocenters. The fourth-order valence-corrected chi connectivity index (χ4v) is 2.62. The minimum absolute atomic E-state index is 0.00341. The maximum Gasteiger partial charge on any atom is 0.394 e. The summed E-state index contributed by atoms with van der Waals surface area (Å²) in [5, 5.41) is 12.9. The Morgan fingerprint density at radius 3 is 2.72 bits per heavy atom. The van der Waals surface area contributed by atoms with Gasteiger partial charge >= 0.3 is 12.1 Å². The summed E-state index contributed by atoms with van der Waals surface area (Å²) in [4.78, 5) is 14.8. The van der Waals surface area contributed by atoms with Crippen LogP contribution in [0.2, 0.25) is 5.02 Å². The lowest BCUT2D eigenvalue weighted by Crippen LogP contribution is -2.26. The van der Waals surface area contributed by atoms with Gasteiger partial charge in [-0.25, -0.2) is 14.5 Å². The fourth-order valence-electron chi connectivity index (χ4n) is 2.39. The van der Waals surface area contributed by atoms with Gasteiger partial charge in [-0.3, -0.25) is 0 Å². The molecule has 3 rings (SSSR count). The summed E-state index contributed by atoms with van der Waals surface area (Å²) < 4.78 is 45.1. The van der Waals surface area contributed by atoms with Crippen LogP contribution >= 0.6 is 11.6 Å². The molecule has 2 aromatic rings. The highest BCUT2D eigenvalue weighted by atomic mass is 35.5. The van der Waals surface area contributed by atoms with E-state index in [2.05, 4.69) is 10.1 Å². The van der Waals surface area contributed by atoms with Crippen molar-refractivity contribution < 1.29 is 27.8 Å². The molecule has 0 atom stereocenters. The molecule has 10 heteroatoms. The number of alkyl halides is 3. The van der Waals surface area contributed by atoms with Crippen molar-refractivity contribution in [2.75, 3.05) is 6.61 Å². The molecule has 0 amide bonds. The molecule has 0 saturated heterocycles. The van der Waals surface area contributed by atoms with E-state index in [4.69, 9.17) is 21.4 Å². The van der Waals surface area contributed by atoms with Crippen molar-refractivity contribution in [2.45, 2.75) is 25.4 Å². The first kappa shape index (κ1) is 17.5. The van der Waals surface area contributed by atoms with Crippen LogP contribution in [0.25, 0.3) is 5.82 Å². The number of halogens is 4. The van der Waals surface area contributed by atoms with Crippen LogP contribution in [0.4, 0.5) is 13.2 Å². The van der Waals surface area contributed by atoms with E-state index < -0.39 is 17.6 Å². The molecule has 134 valence electrons. The zero-order chi connectivity index (χ0) is 18.2. The lowest BCUT2D eigenvalue weighted by atomic mass is 10.0. The van der Waals surface area contributed by atoms with Crippen LogP contribution in [-0.4, -0.2) is 38.6 Å². The number of rotatable bonds is 6. The molecule has 2 heterocycles. The van der Waals surface area contributed by atoms with Gasteiger partial charge in [0.15, 0.2) is 5.82 Å². The van der Waals surface area contributed by atoms with Gasteiger partial charge in [0.2, 0.25) is 5.88 Å². The number of aromatic nitrogens is 3. The maximum absolute atomic E-state index is 12.8. The minimum Gasteiger partial charge on any atom is -0.478 e. The van der Waals surface area contributed by atoms with Gasteiger partial charge in [0.05, 0.1) is 22.6 Å². The SMILES string of the molecule is O=C(O)c1cnc(-n2ccc(OCCC3(C(F)(F)F)CC3)n2)cc1Cl. The van der Waals surface area contributed by atoms with Crippen molar-refractivity contribution in [3.05, 3.63) is 35.1 Å². The van der Waals surface area contributed by atoms with Gasteiger partial charge in [0.1, 0.15) is 0 Å². The van der Waals surface area contributed by atoms with E-state index in [1.807, 2.05) is 0 Å². The molecule has 0 spiro atoms. The molecule has 0 aromatic carbocycles. The number of nitrogens with zero attached hydrogens (tertiary/aromatic N) is 3. The summed E-state index contributed by atoms with van der Waals surface area (Å²) in [5.74, 6) is -0.788. The van der Waals surface area contributed by atoms with E-state index >= 15 is 0 Å². The predicted octanol–water partition coefficient (Wildman–Crippen LogP) is 3.73. The Bertz CT molecular complexity index is 803. The molecule has 1 aliphatic carbocycles. The molecular weight excluding hydrogens is 363 g/mol. The third-order valence-electron chi connectivity index (χ3n) is 4.15. The molecule has 2 aromatic heterocycles. The molecule has 25 heavy (non-hydrogen) atoms. The molecule has 0 radical (unpaired) electrons. The topological polar surface area (TPSA) is 77.2 Å². The third-order valence-corrected chi connectivity index (χ3v) is 4.47. The summed E-state index contributed by atoms with van der Waals surface area (Å²) >= 11 is 5.86. The van der Waals surface area contributed by atoms with E-state index in [9.17, 15) is 18.0 Å². The lowest BCUT2D eigenvalue weighted by molar-refractivity contribution is -0.190. The van der Waals surface area contributed by atoms with Crippen molar-refractivity contribution in [3.63, 3.8) is 0 Å².